The lowest BCUT2D eigenvalue weighted by Gasteiger charge is -2.12. The van der Waals surface area contributed by atoms with Crippen LogP contribution in [0, 0.1) is 5.92 Å². The molecule has 0 fully saturated rings. The number of nitrogens with one attached hydrogen (secondary N) is 1. The third-order valence-corrected chi connectivity index (χ3v) is 3.50. The van der Waals surface area contributed by atoms with E-state index in [4.69, 9.17) is 5.11 Å². The fourth-order valence-electron chi connectivity index (χ4n) is 2.11. The molecule has 0 unspecified atom stereocenters. The molecule has 2 atom stereocenters. The van der Waals surface area contributed by atoms with Crippen LogP contribution in [0.25, 0.3) is 0 Å². The molecule has 1 aliphatic rings. The van der Waals surface area contributed by atoms with Crippen molar-refractivity contribution in [2.75, 3.05) is 6.61 Å². The second-order valence-corrected chi connectivity index (χ2v) is 5.46. The lowest BCUT2D eigenvalue weighted by Crippen LogP contribution is -2.34. The van der Waals surface area contributed by atoms with Gasteiger partial charge in [-0.15, -0.1) is 0 Å². The van der Waals surface area contributed by atoms with Gasteiger partial charge in [-0.05, 0) is 24.1 Å². The highest BCUT2D eigenvalue weighted by Crippen LogP contribution is 2.17. The summed E-state index contributed by atoms with van der Waals surface area (Å²) >= 11 is 3.39. The van der Waals surface area contributed by atoms with E-state index in [-0.39, 0.29) is 24.5 Å². The predicted molar refractivity (Wildman–Crippen MR) is 74.1 cm³/mol. The Kier molecular flexibility index (Phi) is 4.55. The Balaban J connectivity index is 1.84. The van der Waals surface area contributed by atoms with Crippen molar-refractivity contribution in [2.45, 2.75) is 18.9 Å². The molecule has 1 aromatic rings. The first kappa shape index (κ1) is 13.3. The molecule has 0 aromatic heterocycles. The van der Waals surface area contributed by atoms with E-state index in [2.05, 4.69) is 21.2 Å². The third-order valence-electron chi connectivity index (χ3n) is 3.01. The number of rotatable bonds is 4. The fourth-order valence-corrected chi connectivity index (χ4v) is 2.55. The van der Waals surface area contributed by atoms with Crippen molar-refractivity contribution in [1.82, 2.24) is 5.32 Å². The van der Waals surface area contributed by atoms with Crippen LogP contribution in [0.15, 0.2) is 40.9 Å². The number of halogens is 1. The Labute approximate surface area is 115 Å². The van der Waals surface area contributed by atoms with Gasteiger partial charge in [0.15, 0.2) is 0 Å². The zero-order valence-electron chi connectivity index (χ0n) is 9.97. The summed E-state index contributed by atoms with van der Waals surface area (Å²) in [5, 5.41) is 12.0. The first-order valence-electron chi connectivity index (χ1n) is 6.00. The van der Waals surface area contributed by atoms with E-state index in [9.17, 15) is 4.79 Å². The third kappa shape index (κ3) is 3.68. The summed E-state index contributed by atoms with van der Waals surface area (Å²) in [5.74, 6) is 0.197. The zero-order chi connectivity index (χ0) is 13.0. The van der Waals surface area contributed by atoms with Gasteiger partial charge in [0.2, 0.25) is 5.91 Å². The highest BCUT2D eigenvalue weighted by Gasteiger charge is 2.19. The van der Waals surface area contributed by atoms with E-state index < -0.39 is 0 Å². The highest BCUT2D eigenvalue weighted by atomic mass is 79.9. The number of aliphatic hydroxyl groups is 1. The maximum Gasteiger partial charge on any atom is 0.224 e. The van der Waals surface area contributed by atoms with Crippen LogP contribution in [0.2, 0.25) is 0 Å². The fraction of sp³-hybridized carbons (Fsp3) is 0.357. The summed E-state index contributed by atoms with van der Waals surface area (Å²) in [4.78, 5) is 11.9. The van der Waals surface area contributed by atoms with E-state index in [1.165, 1.54) is 0 Å². The first-order valence-corrected chi connectivity index (χ1v) is 6.79. The van der Waals surface area contributed by atoms with Gasteiger partial charge in [-0.25, -0.2) is 0 Å². The molecule has 0 aliphatic heterocycles. The van der Waals surface area contributed by atoms with Crippen molar-refractivity contribution in [3.8, 4) is 0 Å². The maximum absolute atomic E-state index is 11.9. The van der Waals surface area contributed by atoms with Crippen molar-refractivity contribution >= 4 is 21.8 Å². The average molecular weight is 310 g/mol. The SMILES string of the molecule is O=C(Cc1cccc(Br)c1)N[C@@H]1C=C[C@H](CO)C1. The van der Waals surface area contributed by atoms with Crippen LogP contribution in [-0.2, 0) is 11.2 Å². The van der Waals surface area contributed by atoms with Crippen LogP contribution in [0.4, 0.5) is 0 Å². The Bertz CT molecular complexity index is 459. The molecule has 4 heteroatoms. The molecule has 18 heavy (non-hydrogen) atoms. The van der Waals surface area contributed by atoms with Gasteiger partial charge in [-0.2, -0.15) is 0 Å². The molecule has 0 heterocycles. The van der Waals surface area contributed by atoms with Gasteiger partial charge in [0.25, 0.3) is 0 Å². The second-order valence-electron chi connectivity index (χ2n) is 4.54. The molecular weight excluding hydrogens is 294 g/mol. The average Bonchev–Trinajstić information content (AvgIpc) is 2.76. The lowest BCUT2D eigenvalue weighted by atomic mass is 10.1. The summed E-state index contributed by atoms with van der Waals surface area (Å²) in [6.45, 7) is 0.147. The normalized spacial score (nSPS) is 22.1. The molecule has 0 bridgehead atoms. The number of hydrogen-bond donors (Lipinski definition) is 2. The number of benzene rings is 1. The van der Waals surface area contributed by atoms with Crippen LogP contribution >= 0.6 is 15.9 Å². The minimum atomic E-state index is 0.0151. The van der Waals surface area contributed by atoms with E-state index in [0.717, 1.165) is 16.5 Å². The number of carbonyl (C=O) groups excluding carboxylic acids is 1. The zero-order valence-corrected chi connectivity index (χ0v) is 11.6. The molecule has 0 saturated carbocycles. The van der Waals surface area contributed by atoms with E-state index in [0.29, 0.717) is 6.42 Å². The number of aliphatic hydroxyl groups excluding tert-OH is 1. The standard InChI is InChI=1S/C14H16BrNO2/c15-12-3-1-2-10(6-12)8-14(18)16-13-5-4-11(7-13)9-17/h1-6,11,13,17H,7-9H2,(H,16,18)/t11-,13+/m0/s1. The van der Waals surface area contributed by atoms with Crippen LogP contribution in [-0.4, -0.2) is 23.7 Å². The summed E-state index contributed by atoms with van der Waals surface area (Å²) in [6, 6.07) is 7.80. The highest BCUT2D eigenvalue weighted by molar-refractivity contribution is 9.10. The molecular formula is C14H16BrNO2. The van der Waals surface area contributed by atoms with Gasteiger partial charge in [-0.1, -0.05) is 40.2 Å². The molecule has 1 aliphatic carbocycles. The molecule has 1 amide bonds. The van der Waals surface area contributed by atoms with Gasteiger partial charge >= 0.3 is 0 Å². The van der Waals surface area contributed by atoms with Crippen molar-refractivity contribution in [2.24, 2.45) is 5.92 Å². The molecule has 2 rings (SSSR count). The number of amides is 1. The summed E-state index contributed by atoms with van der Waals surface area (Å²) < 4.78 is 0.980. The molecule has 0 spiro atoms. The molecule has 2 N–H and O–H groups in total. The molecule has 0 saturated heterocycles. The van der Waals surface area contributed by atoms with Crippen molar-refractivity contribution in [3.63, 3.8) is 0 Å². The summed E-state index contributed by atoms with van der Waals surface area (Å²) in [6.07, 6.45) is 5.10. The van der Waals surface area contributed by atoms with Crippen molar-refractivity contribution < 1.29 is 9.90 Å². The summed E-state index contributed by atoms with van der Waals surface area (Å²) in [5.41, 5.74) is 0.988. The van der Waals surface area contributed by atoms with Crippen LogP contribution in [0.5, 0.6) is 0 Å². The van der Waals surface area contributed by atoms with Gasteiger partial charge in [-0.3, -0.25) is 4.79 Å². The number of hydrogen-bond acceptors (Lipinski definition) is 2. The quantitative estimate of drug-likeness (QED) is 0.836. The largest absolute Gasteiger partial charge is 0.396 e. The van der Waals surface area contributed by atoms with Crippen molar-refractivity contribution in [1.29, 1.82) is 0 Å². The van der Waals surface area contributed by atoms with E-state index in [1.54, 1.807) is 0 Å². The smallest absolute Gasteiger partial charge is 0.224 e. The maximum atomic E-state index is 11.9. The minimum Gasteiger partial charge on any atom is -0.396 e. The van der Waals surface area contributed by atoms with Gasteiger partial charge in [0.1, 0.15) is 0 Å². The Morgan fingerprint density at radius 1 is 1.44 bits per heavy atom. The van der Waals surface area contributed by atoms with Gasteiger partial charge < -0.3 is 10.4 Å². The number of carbonyl (C=O) groups is 1. The van der Waals surface area contributed by atoms with Crippen molar-refractivity contribution in [3.05, 3.63) is 46.5 Å². The minimum absolute atomic E-state index is 0.0151. The second kappa shape index (κ2) is 6.16. The van der Waals surface area contributed by atoms with E-state index in [1.807, 2.05) is 36.4 Å². The van der Waals surface area contributed by atoms with E-state index >= 15 is 0 Å². The van der Waals surface area contributed by atoms with Crippen LogP contribution in [0.1, 0.15) is 12.0 Å². The topological polar surface area (TPSA) is 49.3 Å². The Hall–Kier alpha value is -1.13. The molecule has 3 nitrogen and oxygen atoms in total. The van der Waals surface area contributed by atoms with Gasteiger partial charge in [0.05, 0.1) is 6.42 Å². The molecule has 0 radical (unpaired) electrons. The van der Waals surface area contributed by atoms with Crippen LogP contribution in [0.3, 0.4) is 0 Å². The first-order chi connectivity index (χ1) is 8.67. The Morgan fingerprint density at radius 3 is 2.94 bits per heavy atom. The lowest BCUT2D eigenvalue weighted by molar-refractivity contribution is -0.120. The molecule has 1 aromatic carbocycles. The molecule has 96 valence electrons. The Morgan fingerprint density at radius 2 is 2.28 bits per heavy atom. The van der Waals surface area contributed by atoms with Crippen LogP contribution < -0.4 is 5.32 Å². The predicted octanol–water partition coefficient (Wildman–Crippen LogP) is 2.04. The van der Waals surface area contributed by atoms with Gasteiger partial charge in [0, 0.05) is 23.0 Å². The monoisotopic (exact) mass is 309 g/mol. The summed E-state index contributed by atoms with van der Waals surface area (Å²) in [7, 11) is 0.